The van der Waals surface area contributed by atoms with Crippen molar-refractivity contribution in [3.05, 3.63) is 74.6 Å². The van der Waals surface area contributed by atoms with E-state index < -0.39 is 11.5 Å². The van der Waals surface area contributed by atoms with Crippen molar-refractivity contribution in [2.45, 2.75) is 13.0 Å². The molecular weight excluding hydrogens is 386 g/mol. The zero-order chi connectivity index (χ0) is 18.0. The Morgan fingerprint density at radius 1 is 1.20 bits per heavy atom. The fourth-order valence-corrected chi connectivity index (χ4v) is 3.09. The van der Waals surface area contributed by atoms with Gasteiger partial charge in [-0.15, -0.1) is 0 Å². The molecule has 2 aromatic carbocycles. The van der Waals surface area contributed by atoms with Gasteiger partial charge in [0.1, 0.15) is 16.9 Å². The first kappa shape index (κ1) is 17.2. The quantitative estimate of drug-likeness (QED) is 0.669. The van der Waals surface area contributed by atoms with Gasteiger partial charge in [0.05, 0.1) is 17.6 Å². The molecule has 0 saturated heterocycles. The molecule has 0 fully saturated rings. The number of methoxy groups -OCH3 is 1. The first-order valence-electron chi connectivity index (χ1n) is 7.67. The lowest BCUT2D eigenvalue weighted by molar-refractivity contribution is 0.0936. The van der Waals surface area contributed by atoms with E-state index in [0.29, 0.717) is 16.7 Å². The Labute approximate surface area is 152 Å². The third-order valence-electron chi connectivity index (χ3n) is 3.91. The topological polar surface area (TPSA) is 68.5 Å². The summed E-state index contributed by atoms with van der Waals surface area (Å²) in [6, 6.07) is 13.9. The summed E-state index contributed by atoms with van der Waals surface area (Å²) in [5, 5.41) is 3.52. The second-order valence-corrected chi connectivity index (χ2v) is 6.43. The van der Waals surface area contributed by atoms with Gasteiger partial charge in [0, 0.05) is 5.39 Å². The zero-order valence-corrected chi connectivity index (χ0v) is 15.3. The molecule has 1 amide bonds. The van der Waals surface area contributed by atoms with Crippen LogP contribution >= 0.6 is 15.9 Å². The molecule has 0 unspecified atom stereocenters. The van der Waals surface area contributed by atoms with Gasteiger partial charge in [0.15, 0.2) is 0 Å². The van der Waals surface area contributed by atoms with Crippen molar-refractivity contribution in [2.24, 2.45) is 0 Å². The summed E-state index contributed by atoms with van der Waals surface area (Å²) in [5.41, 5.74) is 0.667. The smallest absolute Gasteiger partial charge is 0.349 e. The number of fused-ring (bicyclic) bond motifs is 1. The van der Waals surface area contributed by atoms with Crippen LogP contribution in [0.5, 0.6) is 5.75 Å². The molecule has 3 aromatic rings. The van der Waals surface area contributed by atoms with Gasteiger partial charge < -0.3 is 14.5 Å². The Morgan fingerprint density at radius 2 is 1.96 bits per heavy atom. The number of para-hydroxylation sites is 1. The van der Waals surface area contributed by atoms with E-state index >= 15 is 0 Å². The second-order valence-electron chi connectivity index (χ2n) is 5.57. The molecule has 0 aliphatic carbocycles. The summed E-state index contributed by atoms with van der Waals surface area (Å²) in [4.78, 5) is 24.6. The third-order valence-corrected chi connectivity index (χ3v) is 4.53. The van der Waals surface area contributed by atoms with Gasteiger partial charge in [-0.3, -0.25) is 4.79 Å². The van der Waals surface area contributed by atoms with Crippen molar-refractivity contribution in [3.8, 4) is 5.75 Å². The van der Waals surface area contributed by atoms with E-state index in [2.05, 4.69) is 21.2 Å². The fraction of sp³-hybridized carbons (Fsp3) is 0.158. The number of nitrogens with one attached hydrogen (secondary N) is 1. The molecule has 1 aromatic heterocycles. The minimum atomic E-state index is -0.653. The van der Waals surface area contributed by atoms with E-state index in [4.69, 9.17) is 9.15 Å². The van der Waals surface area contributed by atoms with Crippen molar-refractivity contribution >= 4 is 32.8 Å². The van der Waals surface area contributed by atoms with E-state index in [1.54, 1.807) is 31.4 Å². The molecule has 25 heavy (non-hydrogen) atoms. The molecule has 0 aliphatic rings. The van der Waals surface area contributed by atoms with Crippen molar-refractivity contribution in [1.82, 2.24) is 5.32 Å². The summed E-state index contributed by atoms with van der Waals surface area (Å²) in [6.07, 6.45) is 0. The van der Waals surface area contributed by atoms with E-state index in [1.165, 1.54) is 0 Å². The minimum absolute atomic E-state index is 0.0156. The average molecular weight is 402 g/mol. The van der Waals surface area contributed by atoms with E-state index in [-0.39, 0.29) is 11.6 Å². The summed E-state index contributed by atoms with van der Waals surface area (Å²) in [6.45, 7) is 1.84. The Balaban J connectivity index is 1.85. The molecule has 0 saturated carbocycles. The number of halogens is 1. The van der Waals surface area contributed by atoms with Crippen LogP contribution in [0.4, 0.5) is 0 Å². The predicted octanol–water partition coefficient (Wildman–Crippen LogP) is 4.06. The van der Waals surface area contributed by atoms with E-state index in [0.717, 1.165) is 10.0 Å². The summed E-state index contributed by atoms with van der Waals surface area (Å²) in [7, 11) is 1.59. The molecular formula is C19H16BrNO4. The number of carbonyl (C=O) groups is 1. The van der Waals surface area contributed by atoms with Crippen LogP contribution in [0.15, 0.2) is 62.2 Å². The van der Waals surface area contributed by atoms with Crippen LogP contribution < -0.4 is 15.7 Å². The maximum Gasteiger partial charge on any atom is 0.349 e. The van der Waals surface area contributed by atoms with Crippen LogP contribution in [-0.2, 0) is 0 Å². The van der Waals surface area contributed by atoms with Gasteiger partial charge in [-0.1, -0.05) is 24.3 Å². The molecule has 1 atom stereocenters. The number of rotatable bonds is 4. The van der Waals surface area contributed by atoms with Gasteiger partial charge in [0.25, 0.3) is 5.91 Å². The van der Waals surface area contributed by atoms with Crippen LogP contribution in [0.25, 0.3) is 11.0 Å². The lowest BCUT2D eigenvalue weighted by atomic mass is 10.1. The maximum absolute atomic E-state index is 12.5. The lowest BCUT2D eigenvalue weighted by Gasteiger charge is -2.15. The number of benzene rings is 2. The Bertz CT molecular complexity index is 996. The summed E-state index contributed by atoms with van der Waals surface area (Å²) >= 11 is 3.42. The van der Waals surface area contributed by atoms with Gasteiger partial charge in [-0.05, 0) is 52.7 Å². The highest BCUT2D eigenvalue weighted by Gasteiger charge is 2.17. The van der Waals surface area contributed by atoms with Crippen LogP contribution in [0.1, 0.15) is 28.9 Å². The molecule has 0 bridgehead atoms. The van der Waals surface area contributed by atoms with E-state index in [9.17, 15) is 9.59 Å². The van der Waals surface area contributed by atoms with Crippen molar-refractivity contribution in [1.29, 1.82) is 0 Å². The number of hydrogen-bond acceptors (Lipinski definition) is 4. The largest absolute Gasteiger partial charge is 0.496 e. The van der Waals surface area contributed by atoms with Crippen LogP contribution in [0.3, 0.4) is 0 Å². The zero-order valence-electron chi connectivity index (χ0n) is 13.7. The fourth-order valence-electron chi connectivity index (χ4n) is 2.53. The molecule has 128 valence electrons. The summed E-state index contributed by atoms with van der Waals surface area (Å²) < 4.78 is 11.2. The monoisotopic (exact) mass is 401 g/mol. The molecule has 3 rings (SSSR count). The highest BCUT2D eigenvalue weighted by molar-refractivity contribution is 9.10. The van der Waals surface area contributed by atoms with Crippen LogP contribution in [-0.4, -0.2) is 13.0 Å². The molecule has 0 aliphatic heterocycles. The van der Waals surface area contributed by atoms with Gasteiger partial charge in [-0.25, -0.2) is 4.79 Å². The first-order chi connectivity index (χ1) is 12.0. The lowest BCUT2D eigenvalue weighted by Crippen LogP contribution is -2.30. The van der Waals surface area contributed by atoms with E-state index in [1.807, 2.05) is 31.2 Å². The molecule has 1 heterocycles. The van der Waals surface area contributed by atoms with Crippen molar-refractivity contribution < 1.29 is 13.9 Å². The van der Waals surface area contributed by atoms with Crippen molar-refractivity contribution in [2.75, 3.05) is 7.11 Å². The van der Waals surface area contributed by atoms with Gasteiger partial charge >= 0.3 is 5.63 Å². The number of hydrogen-bond donors (Lipinski definition) is 1. The minimum Gasteiger partial charge on any atom is -0.496 e. The number of amides is 1. The first-order valence-corrected chi connectivity index (χ1v) is 8.46. The SMILES string of the molecule is COc1ccc([C@H](C)NC(=O)c2cc3ccccc3oc2=O)cc1Br. The second kappa shape index (κ2) is 7.11. The molecule has 5 nitrogen and oxygen atoms in total. The standard InChI is InChI=1S/C19H16BrNO4/c1-11(12-7-8-17(24-2)15(20)10-12)21-18(22)14-9-13-5-3-4-6-16(13)25-19(14)23/h3-11H,1-2H3,(H,21,22)/t11-/m0/s1. The average Bonchev–Trinajstić information content (AvgIpc) is 2.60. The van der Waals surface area contributed by atoms with Crippen LogP contribution in [0.2, 0.25) is 0 Å². The highest BCUT2D eigenvalue weighted by atomic mass is 79.9. The van der Waals surface area contributed by atoms with Gasteiger partial charge in [0.2, 0.25) is 0 Å². The Hall–Kier alpha value is -2.60. The highest BCUT2D eigenvalue weighted by Crippen LogP contribution is 2.28. The number of carbonyl (C=O) groups excluding carboxylic acids is 1. The Morgan fingerprint density at radius 3 is 2.68 bits per heavy atom. The molecule has 0 spiro atoms. The molecule has 6 heteroatoms. The van der Waals surface area contributed by atoms with Crippen molar-refractivity contribution in [3.63, 3.8) is 0 Å². The molecule has 1 N–H and O–H groups in total. The van der Waals surface area contributed by atoms with Gasteiger partial charge in [-0.2, -0.15) is 0 Å². The maximum atomic E-state index is 12.5. The van der Waals surface area contributed by atoms with Crippen LogP contribution in [0, 0.1) is 0 Å². The Kier molecular flexibility index (Phi) is 4.90. The normalized spacial score (nSPS) is 12.0. The summed E-state index contributed by atoms with van der Waals surface area (Å²) in [5.74, 6) is 0.233. The number of ether oxygens (including phenoxy) is 1. The predicted molar refractivity (Wildman–Crippen MR) is 99.1 cm³/mol. The molecule has 0 radical (unpaired) electrons. The third kappa shape index (κ3) is 3.58.